The Bertz CT molecular complexity index is 655. The van der Waals surface area contributed by atoms with Crippen LogP contribution in [0.5, 0.6) is 0 Å². The van der Waals surface area contributed by atoms with Crippen LogP contribution in [0, 0.1) is 6.92 Å². The summed E-state index contributed by atoms with van der Waals surface area (Å²) in [5.41, 5.74) is 4.19. The number of aromatic nitrogens is 1. The van der Waals surface area contributed by atoms with Crippen LogP contribution in [0.25, 0.3) is 6.08 Å². The molecule has 0 saturated carbocycles. The number of benzene rings is 1. The number of piperidine rings is 1. The van der Waals surface area contributed by atoms with E-state index in [2.05, 4.69) is 29.2 Å². The average Bonchev–Trinajstić information content (AvgIpc) is 2.99. The minimum Gasteiger partial charge on any atom is -0.339 e. The van der Waals surface area contributed by atoms with Gasteiger partial charge in [-0.25, -0.2) is 4.98 Å². The molecule has 4 heteroatoms. The predicted octanol–water partition coefficient (Wildman–Crippen LogP) is 3.87. The Labute approximate surface area is 135 Å². The molecule has 0 radical (unpaired) electrons. The first-order chi connectivity index (χ1) is 10.7. The molecule has 0 aliphatic carbocycles. The summed E-state index contributed by atoms with van der Waals surface area (Å²) in [5, 5.41) is 0. The van der Waals surface area contributed by atoms with Gasteiger partial charge in [0.25, 0.3) is 0 Å². The van der Waals surface area contributed by atoms with Gasteiger partial charge in [-0.1, -0.05) is 30.3 Å². The molecule has 3 rings (SSSR count). The number of rotatable bonds is 3. The summed E-state index contributed by atoms with van der Waals surface area (Å²) in [7, 11) is 0. The maximum absolute atomic E-state index is 12.3. The maximum Gasteiger partial charge on any atom is 0.246 e. The van der Waals surface area contributed by atoms with E-state index in [-0.39, 0.29) is 5.91 Å². The number of thiazole rings is 1. The molecule has 2 heterocycles. The Kier molecular flexibility index (Phi) is 4.68. The summed E-state index contributed by atoms with van der Waals surface area (Å²) < 4.78 is 0. The highest BCUT2D eigenvalue weighted by atomic mass is 32.1. The molecule has 0 N–H and O–H groups in total. The highest BCUT2D eigenvalue weighted by molar-refractivity contribution is 7.10. The first-order valence-corrected chi connectivity index (χ1v) is 8.54. The van der Waals surface area contributed by atoms with E-state index in [4.69, 9.17) is 0 Å². The summed E-state index contributed by atoms with van der Waals surface area (Å²) in [5.74, 6) is 0.692. The lowest BCUT2D eigenvalue weighted by Gasteiger charge is -2.31. The highest BCUT2D eigenvalue weighted by Crippen LogP contribution is 2.27. The van der Waals surface area contributed by atoms with Crippen molar-refractivity contribution in [3.05, 3.63) is 58.1 Å². The Balaban J connectivity index is 1.56. The normalized spacial score (nSPS) is 16.3. The summed E-state index contributed by atoms with van der Waals surface area (Å²) in [6.45, 7) is 3.64. The average molecular weight is 312 g/mol. The van der Waals surface area contributed by atoms with Gasteiger partial charge in [-0.05, 0) is 37.3 Å². The van der Waals surface area contributed by atoms with Gasteiger partial charge in [-0.15, -0.1) is 11.3 Å². The molecular weight excluding hydrogens is 292 g/mol. The first-order valence-electron chi connectivity index (χ1n) is 7.66. The van der Waals surface area contributed by atoms with Crippen LogP contribution in [-0.4, -0.2) is 28.9 Å². The minimum atomic E-state index is 0.110. The van der Waals surface area contributed by atoms with Crippen molar-refractivity contribution < 1.29 is 4.79 Å². The number of hydrogen-bond donors (Lipinski definition) is 0. The van der Waals surface area contributed by atoms with E-state index in [1.807, 2.05) is 29.5 Å². The fourth-order valence-corrected chi connectivity index (χ4v) is 3.58. The SMILES string of the molecule is Cc1ncsc1/C=C/C(=O)N1CCC(c2ccccc2)CC1. The van der Waals surface area contributed by atoms with Gasteiger partial charge in [0.1, 0.15) is 0 Å². The minimum absolute atomic E-state index is 0.110. The van der Waals surface area contributed by atoms with Gasteiger partial charge in [-0.3, -0.25) is 4.79 Å². The van der Waals surface area contributed by atoms with Crippen LogP contribution in [0.15, 0.2) is 41.9 Å². The molecule has 1 fully saturated rings. The van der Waals surface area contributed by atoms with E-state index in [1.54, 1.807) is 17.4 Å². The number of nitrogens with zero attached hydrogens (tertiary/aromatic N) is 2. The molecule has 1 aromatic carbocycles. The van der Waals surface area contributed by atoms with Gasteiger partial charge in [0, 0.05) is 24.0 Å². The van der Waals surface area contributed by atoms with Gasteiger partial charge in [-0.2, -0.15) is 0 Å². The third-order valence-corrected chi connectivity index (χ3v) is 5.13. The molecule has 1 aliphatic rings. The van der Waals surface area contributed by atoms with Gasteiger partial charge >= 0.3 is 0 Å². The second-order valence-electron chi connectivity index (χ2n) is 5.65. The zero-order valence-corrected chi connectivity index (χ0v) is 13.6. The van der Waals surface area contributed by atoms with E-state index < -0.39 is 0 Å². The molecule has 3 nitrogen and oxygen atoms in total. The molecule has 0 unspecified atom stereocenters. The number of carbonyl (C=O) groups excluding carboxylic acids is 1. The summed E-state index contributed by atoms with van der Waals surface area (Å²) in [6, 6.07) is 10.6. The molecular formula is C18H20N2OS. The van der Waals surface area contributed by atoms with Gasteiger partial charge in [0.2, 0.25) is 5.91 Å². The molecule has 1 amide bonds. The van der Waals surface area contributed by atoms with Crippen molar-refractivity contribution in [1.82, 2.24) is 9.88 Å². The number of carbonyl (C=O) groups is 1. The molecule has 1 aromatic heterocycles. The number of hydrogen-bond acceptors (Lipinski definition) is 3. The van der Waals surface area contributed by atoms with E-state index >= 15 is 0 Å². The van der Waals surface area contributed by atoms with Gasteiger partial charge in [0.15, 0.2) is 0 Å². The van der Waals surface area contributed by atoms with Gasteiger partial charge < -0.3 is 4.90 Å². The predicted molar refractivity (Wildman–Crippen MR) is 90.9 cm³/mol. The fraction of sp³-hybridized carbons (Fsp3) is 0.333. The lowest BCUT2D eigenvalue weighted by Crippen LogP contribution is -2.36. The topological polar surface area (TPSA) is 33.2 Å². The molecule has 114 valence electrons. The third kappa shape index (κ3) is 3.45. The van der Waals surface area contributed by atoms with Crippen molar-refractivity contribution in [2.75, 3.05) is 13.1 Å². The molecule has 22 heavy (non-hydrogen) atoms. The standard InChI is InChI=1S/C18H20N2OS/c1-14-17(22-13-19-14)7-8-18(21)20-11-9-16(10-12-20)15-5-3-2-4-6-15/h2-8,13,16H,9-12H2,1H3/b8-7+. The lowest BCUT2D eigenvalue weighted by atomic mass is 9.89. The Hall–Kier alpha value is -1.94. The molecule has 1 saturated heterocycles. The monoisotopic (exact) mass is 312 g/mol. The van der Waals surface area contributed by atoms with Crippen molar-refractivity contribution in [2.45, 2.75) is 25.7 Å². The van der Waals surface area contributed by atoms with E-state index in [1.165, 1.54) is 5.56 Å². The van der Waals surface area contributed by atoms with Crippen LogP contribution in [0.2, 0.25) is 0 Å². The van der Waals surface area contributed by atoms with Crippen molar-refractivity contribution in [3.8, 4) is 0 Å². The largest absolute Gasteiger partial charge is 0.339 e. The smallest absolute Gasteiger partial charge is 0.246 e. The van der Waals surface area contributed by atoms with Crippen molar-refractivity contribution in [2.24, 2.45) is 0 Å². The van der Waals surface area contributed by atoms with E-state index in [0.29, 0.717) is 5.92 Å². The lowest BCUT2D eigenvalue weighted by molar-refractivity contribution is -0.126. The zero-order chi connectivity index (χ0) is 15.4. The third-order valence-electron chi connectivity index (χ3n) is 4.24. The van der Waals surface area contributed by atoms with Crippen LogP contribution in [0.4, 0.5) is 0 Å². The Morgan fingerprint density at radius 3 is 2.64 bits per heavy atom. The van der Waals surface area contributed by atoms with Crippen LogP contribution in [0.3, 0.4) is 0 Å². The molecule has 0 atom stereocenters. The molecule has 2 aromatic rings. The van der Waals surface area contributed by atoms with Crippen LogP contribution >= 0.6 is 11.3 Å². The van der Waals surface area contributed by atoms with Crippen LogP contribution in [0.1, 0.15) is 34.9 Å². The first kappa shape index (κ1) is 15.0. The number of aryl methyl sites for hydroxylation is 1. The second kappa shape index (κ2) is 6.88. The van der Waals surface area contributed by atoms with E-state index in [9.17, 15) is 4.79 Å². The number of likely N-dealkylation sites (tertiary alicyclic amines) is 1. The van der Waals surface area contributed by atoms with Crippen molar-refractivity contribution >= 4 is 23.3 Å². The molecule has 0 spiro atoms. The van der Waals surface area contributed by atoms with Crippen molar-refractivity contribution in [1.29, 1.82) is 0 Å². The zero-order valence-electron chi connectivity index (χ0n) is 12.7. The summed E-state index contributed by atoms with van der Waals surface area (Å²) >= 11 is 1.57. The van der Waals surface area contributed by atoms with Crippen molar-refractivity contribution in [3.63, 3.8) is 0 Å². The summed E-state index contributed by atoms with van der Waals surface area (Å²) in [4.78, 5) is 19.5. The van der Waals surface area contributed by atoms with Crippen LogP contribution < -0.4 is 0 Å². The van der Waals surface area contributed by atoms with Gasteiger partial charge in [0.05, 0.1) is 11.2 Å². The second-order valence-corrected chi connectivity index (χ2v) is 6.53. The number of amides is 1. The van der Waals surface area contributed by atoms with E-state index in [0.717, 1.165) is 36.5 Å². The van der Waals surface area contributed by atoms with Crippen LogP contribution in [-0.2, 0) is 4.79 Å². The Morgan fingerprint density at radius 2 is 2.00 bits per heavy atom. The highest BCUT2D eigenvalue weighted by Gasteiger charge is 2.22. The fourth-order valence-electron chi connectivity index (χ4n) is 2.88. The Morgan fingerprint density at radius 1 is 1.27 bits per heavy atom. The molecule has 1 aliphatic heterocycles. The summed E-state index contributed by atoms with van der Waals surface area (Å²) in [6.07, 6.45) is 5.66. The maximum atomic E-state index is 12.3. The molecule has 0 bridgehead atoms. The quantitative estimate of drug-likeness (QED) is 0.806.